The van der Waals surface area contributed by atoms with Crippen molar-refractivity contribution < 1.29 is 18.6 Å². The second kappa shape index (κ2) is 10.7. The molecule has 3 N–H and O–H groups in total. The molecule has 3 fully saturated rings. The number of halogens is 2. The Morgan fingerprint density at radius 3 is 2.77 bits per heavy atom. The van der Waals surface area contributed by atoms with Crippen molar-refractivity contribution in [3.8, 4) is 17.3 Å². The second-order valence-corrected chi connectivity index (χ2v) is 13.7. The van der Waals surface area contributed by atoms with E-state index in [4.69, 9.17) is 15.5 Å². The van der Waals surface area contributed by atoms with Crippen LogP contribution in [0.15, 0.2) is 12.3 Å². The monoisotopic (exact) mass is 609 g/mol. The normalized spacial score (nSPS) is 26.7. The number of alkyl halides is 1. The third-order valence-corrected chi connectivity index (χ3v) is 10.2. The summed E-state index contributed by atoms with van der Waals surface area (Å²) in [5.74, 6) is -0.120. The maximum absolute atomic E-state index is 16.8. The van der Waals surface area contributed by atoms with Crippen molar-refractivity contribution in [2.24, 2.45) is 0 Å². The fourth-order valence-electron chi connectivity index (χ4n) is 7.14. The fraction of sp³-hybridized carbons (Fsp3) is 0.548. The number of aliphatic hydroxyl groups is 1. The number of anilines is 2. The van der Waals surface area contributed by atoms with Gasteiger partial charge >= 0.3 is 6.01 Å². The molecule has 2 unspecified atom stereocenters. The highest BCUT2D eigenvalue weighted by Crippen LogP contribution is 2.40. The largest absolute Gasteiger partial charge is 0.458 e. The average molecular weight is 610 g/mol. The lowest BCUT2D eigenvalue weighted by Gasteiger charge is -2.38. The van der Waals surface area contributed by atoms with Crippen LogP contribution in [0.1, 0.15) is 56.6 Å². The molecule has 6 heterocycles. The number of piperidine rings is 1. The summed E-state index contributed by atoms with van der Waals surface area (Å²) in [4.78, 5) is 22.7. The number of rotatable bonds is 4. The molecule has 12 heteroatoms. The molecule has 9 nitrogen and oxygen atoms in total. The van der Waals surface area contributed by atoms with E-state index in [0.717, 1.165) is 41.6 Å². The van der Waals surface area contributed by atoms with E-state index in [1.165, 1.54) is 11.3 Å². The molecule has 3 saturated heterocycles. The second-order valence-electron chi connectivity index (χ2n) is 12.7. The first-order chi connectivity index (χ1) is 20.6. The zero-order valence-electron chi connectivity index (χ0n) is 24.7. The molecule has 1 aromatic carbocycles. The van der Waals surface area contributed by atoms with Crippen molar-refractivity contribution in [2.75, 3.05) is 36.8 Å². The molecule has 0 aliphatic carbocycles. The van der Waals surface area contributed by atoms with E-state index >= 15 is 4.39 Å². The maximum Gasteiger partial charge on any atom is 0.319 e. The number of ether oxygens (including phenoxy) is 1. The van der Waals surface area contributed by atoms with Gasteiger partial charge in [-0.15, -0.1) is 0 Å². The van der Waals surface area contributed by atoms with Crippen LogP contribution < -0.4 is 15.4 Å². The Balaban J connectivity index is 1.39. The molecular weight excluding hydrogens is 572 g/mol. The summed E-state index contributed by atoms with van der Waals surface area (Å²) in [5.41, 5.74) is 8.41. The van der Waals surface area contributed by atoms with Crippen LogP contribution in [0.4, 0.5) is 19.7 Å². The third kappa shape index (κ3) is 5.17. The molecule has 4 aromatic rings. The van der Waals surface area contributed by atoms with E-state index in [9.17, 15) is 9.50 Å². The molecule has 3 aromatic heterocycles. The summed E-state index contributed by atoms with van der Waals surface area (Å²) in [6.45, 7) is 7.93. The molecule has 0 bridgehead atoms. The van der Waals surface area contributed by atoms with E-state index < -0.39 is 17.6 Å². The number of aryl methyl sites for hydroxylation is 1. The van der Waals surface area contributed by atoms with Gasteiger partial charge in [-0.1, -0.05) is 11.3 Å². The predicted octanol–water partition coefficient (Wildman–Crippen LogP) is 5.33. The third-order valence-electron chi connectivity index (χ3n) is 9.37. The molecule has 0 saturated carbocycles. The van der Waals surface area contributed by atoms with E-state index in [1.54, 1.807) is 13.1 Å². The topological polar surface area (TPSA) is 114 Å². The highest BCUT2D eigenvalue weighted by atomic mass is 32.1. The summed E-state index contributed by atoms with van der Waals surface area (Å²) in [5, 5.41) is 11.8. The van der Waals surface area contributed by atoms with Crippen LogP contribution in [0, 0.1) is 19.7 Å². The Kier molecular flexibility index (Phi) is 7.13. The molecule has 0 amide bonds. The van der Waals surface area contributed by atoms with Crippen LogP contribution >= 0.6 is 11.3 Å². The van der Waals surface area contributed by atoms with Crippen molar-refractivity contribution in [3.63, 3.8) is 0 Å². The minimum absolute atomic E-state index is 0.0574. The summed E-state index contributed by atoms with van der Waals surface area (Å²) in [6.07, 6.45) is 4.65. The molecule has 43 heavy (non-hydrogen) atoms. The number of aromatic nitrogens is 4. The van der Waals surface area contributed by atoms with E-state index in [0.29, 0.717) is 66.3 Å². The van der Waals surface area contributed by atoms with Gasteiger partial charge in [-0.3, -0.25) is 9.88 Å². The maximum atomic E-state index is 16.8. The molecular formula is C31H37F2N7O2S. The highest BCUT2D eigenvalue weighted by molar-refractivity contribution is 7.22. The standard InChI is InChI=1S/C31H37F2N7O2S/c1-16-12-22-26(36-29(34)43-22)23(17(16)2)27-24(33)25-19(13-35-27)28(40-11-5-9-31(3,41)15-40)38-30(37-25)42-21-8-7-18(32)14-39-10-4-6-20(21)39/h12-13,18,20-21,41H,4-11,14-15H2,1-3H3,(H2,34,36)/t18-,20-,21?,31?/m1/s1. The lowest BCUT2D eigenvalue weighted by molar-refractivity contribution is 0.0446. The number of nitrogen functional groups attached to an aromatic ring is 1. The predicted molar refractivity (Wildman–Crippen MR) is 165 cm³/mol. The van der Waals surface area contributed by atoms with Gasteiger partial charge < -0.3 is 20.5 Å². The summed E-state index contributed by atoms with van der Waals surface area (Å²) in [7, 11) is 0. The van der Waals surface area contributed by atoms with Crippen molar-refractivity contribution in [2.45, 2.75) is 83.2 Å². The Bertz CT molecular complexity index is 1710. The number of fused-ring (bicyclic) bond motifs is 3. The van der Waals surface area contributed by atoms with Crippen LogP contribution in [0.5, 0.6) is 6.01 Å². The van der Waals surface area contributed by atoms with Crippen molar-refractivity contribution in [1.29, 1.82) is 0 Å². The van der Waals surface area contributed by atoms with Gasteiger partial charge in [0.1, 0.15) is 29.3 Å². The average Bonchev–Trinajstić information content (AvgIpc) is 3.53. The number of hydrogen-bond donors (Lipinski definition) is 2. The van der Waals surface area contributed by atoms with Gasteiger partial charge in [0.15, 0.2) is 10.9 Å². The van der Waals surface area contributed by atoms with Gasteiger partial charge in [0.2, 0.25) is 0 Å². The lowest BCUT2D eigenvalue weighted by atomic mass is 9.95. The van der Waals surface area contributed by atoms with Gasteiger partial charge in [-0.2, -0.15) is 9.97 Å². The van der Waals surface area contributed by atoms with Gasteiger partial charge in [-0.25, -0.2) is 13.8 Å². The molecule has 3 aliphatic rings. The van der Waals surface area contributed by atoms with Gasteiger partial charge in [0.05, 0.1) is 21.2 Å². The molecule has 0 spiro atoms. The van der Waals surface area contributed by atoms with Gasteiger partial charge in [0.25, 0.3) is 0 Å². The van der Waals surface area contributed by atoms with Crippen molar-refractivity contribution in [1.82, 2.24) is 24.8 Å². The minimum Gasteiger partial charge on any atom is -0.458 e. The van der Waals surface area contributed by atoms with Crippen LogP contribution in [0.25, 0.3) is 32.4 Å². The number of thiazole rings is 1. The summed E-state index contributed by atoms with van der Waals surface area (Å²) >= 11 is 1.36. The molecule has 0 radical (unpaired) electrons. The summed E-state index contributed by atoms with van der Waals surface area (Å²) < 4.78 is 38.7. The SMILES string of the molecule is Cc1cc2sc(N)nc2c(-c2ncc3c(N4CCCC(C)(O)C4)nc(OC4CC[C@@H](F)CN5CCC[C@H]45)nc3c2F)c1C. The number of hydrogen-bond acceptors (Lipinski definition) is 10. The molecule has 3 aliphatic heterocycles. The van der Waals surface area contributed by atoms with Gasteiger partial charge in [-0.05, 0) is 83.0 Å². The fourth-order valence-corrected chi connectivity index (χ4v) is 7.98. The van der Waals surface area contributed by atoms with E-state index in [1.807, 2.05) is 24.8 Å². The molecule has 7 rings (SSSR count). The Morgan fingerprint density at radius 1 is 1.12 bits per heavy atom. The van der Waals surface area contributed by atoms with E-state index in [2.05, 4.69) is 19.9 Å². The van der Waals surface area contributed by atoms with Crippen LogP contribution in [0.2, 0.25) is 0 Å². The number of nitrogens with zero attached hydrogens (tertiary/aromatic N) is 6. The Hall–Kier alpha value is -3.22. The zero-order chi connectivity index (χ0) is 30.0. The first kappa shape index (κ1) is 28.5. The molecule has 228 valence electrons. The van der Waals surface area contributed by atoms with Crippen molar-refractivity contribution in [3.05, 3.63) is 29.2 Å². The Labute approximate surface area is 253 Å². The smallest absolute Gasteiger partial charge is 0.319 e. The quantitative estimate of drug-likeness (QED) is 0.317. The summed E-state index contributed by atoms with van der Waals surface area (Å²) in [6, 6.07) is 2.13. The van der Waals surface area contributed by atoms with Crippen molar-refractivity contribution >= 4 is 43.4 Å². The van der Waals surface area contributed by atoms with Crippen LogP contribution in [-0.2, 0) is 0 Å². The zero-order valence-corrected chi connectivity index (χ0v) is 25.6. The number of pyridine rings is 1. The van der Waals surface area contributed by atoms with E-state index in [-0.39, 0.29) is 29.4 Å². The molecule has 4 atom stereocenters. The lowest BCUT2D eigenvalue weighted by Crippen LogP contribution is -2.46. The number of benzene rings is 1. The Morgan fingerprint density at radius 2 is 1.95 bits per heavy atom. The minimum atomic E-state index is -0.918. The first-order valence-corrected chi connectivity index (χ1v) is 15.9. The van der Waals surface area contributed by atoms with Crippen LogP contribution in [-0.4, -0.2) is 80.0 Å². The van der Waals surface area contributed by atoms with Gasteiger partial charge in [0, 0.05) is 37.4 Å². The first-order valence-electron chi connectivity index (χ1n) is 15.1. The number of nitrogens with two attached hydrogens (primary N) is 1. The highest BCUT2D eigenvalue weighted by Gasteiger charge is 2.38. The number of β-amino-alcohol motifs (C(OH)–C–C–N with tert-alkyl or cyclic N) is 1. The van der Waals surface area contributed by atoms with Crippen LogP contribution in [0.3, 0.4) is 0 Å².